The quantitative estimate of drug-likeness (QED) is 0.414. The first-order valence-corrected chi connectivity index (χ1v) is 11.9. The van der Waals surface area contributed by atoms with E-state index in [1.165, 1.54) is 0 Å². The van der Waals surface area contributed by atoms with Gasteiger partial charge in [0.25, 0.3) is 0 Å². The van der Waals surface area contributed by atoms with E-state index in [4.69, 9.17) is 14.9 Å². The molecule has 1 unspecified atom stereocenters. The summed E-state index contributed by atoms with van der Waals surface area (Å²) in [6.45, 7) is 16.7. The third-order valence-corrected chi connectivity index (χ3v) is 9.55. The lowest BCUT2D eigenvalue weighted by atomic mass is 9.98. The van der Waals surface area contributed by atoms with Crippen molar-refractivity contribution in [3.8, 4) is 0 Å². The van der Waals surface area contributed by atoms with Crippen LogP contribution in [0.3, 0.4) is 0 Å². The van der Waals surface area contributed by atoms with Crippen molar-refractivity contribution in [2.24, 2.45) is 5.73 Å². The van der Waals surface area contributed by atoms with Crippen molar-refractivity contribution in [1.29, 1.82) is 0 Å². The number of primary amides is 1. The van der Waals surface area contributed by atoms with Crippen LogP contribution in [-0.4, -0.2) is 33.0 Å². The zero-order chi connectivity index (χ0) is 18.1. The predicted octanol–water partition coefficient (Wildman–Crippen LogP) is 4.63. The molecule has 0 aliphatic rings. The van der Waals surface area contributed by atoms with Crippen LogP contribution in [0, 0.1) is 0 Å². The molecule has 0 fully saturated rings. The minimum atomic E-state index is -1.63. The van der Waals surface area contributed by atoms with Gasteiger partial charge in [0.05, 0.1) is 0 Å². The van der Waals surface area contributed by atoms with E-state index in [-0.39, 0.29) is 10.9 Å². The molecular weight excluding hydrogens is 306 g/mol. The fourth-order valence-corrected chi connectivity index (χ4v) is 3.09. The van der Waals surface area contributed by atoms with E-state index in [1.807, 2.05) is 6.92 Å². The van der Waals surface area contributed by atoms with E-state index in [9.17, 15) is 4.79 Å². The first-order chi connectivity index (χ1) is 10.5. The number of hydrogen-bond donors (Lipinski definition) is 1. The smallest absolute Gasteiger partial charge is 0.249 e. The number of carbonyl (C=O) groups excluding carboxylic acids is 1. The summed E-state index contributed by atoms with van der Waals surface area (Å²) in [6, 6.07) is 0. The number of rotatable bonds is 12. The molecule has 0 aromatic rings. The summed E-state index contributed by atoms with van der Waals surface area (Å²) in [5, 5.41) is 0.263. The predicted molar refractivity (Wildman–Crippen MR) is 100 cm³/mol. The molecule has 4 nitrogen and oxygen atoms in total. The maximum atomic E-state index is 11.6. The van der Waals surface area contributed by atoms with Crippen LogP contribution in [0.15, 0.2) is 0 Å². The minimum absolute atomic E-state index is 0.263. The van der Waals surface area contributed by atoms with Crippen LogP contribution in [0.4, 0.5) is 0 Å². The second kappa shape index (κ2) is 9.79. The number of hydrogen-bond acceptors (Lipinski definition) is 3. The van der Waals surface area contributed by atoms with Crippen LogP contribution >= 0.6 is 0 Å². The maximum absolute atomic E-state index is 11.6. The zero-order valence-corrected chi connectivity index (χ0v) is 17.5. The number of unbranched alkanes of at least 4 members (excludes halogenated alkanes) is 3. The first kappa shape index (κ1) is 22.6. The SMILES string of the molecule is CCCCC(C)(OCCCCCO[Si](C)(C)C(C)(C)C)C(N)=O. The Morgan fingerprint density at radius 2 is 1.57 bits per heavy atom. The highest BCUT2D eigenvalue weighted by molar-refractivity contribution is 6.74. The number of ether oxygens (including phenoxy) is 1. The maximum Gasteiger partial charge on any atom is 0.249 e. The van der Waals surface area contributed by atoms with Gasteiger partial charge in [0.2, 0.25) is 5.91 Å². The molecule has 138 valence electrons. The Bertz CT molecular complexity index is 353. The van der Waals surface area contributed by atoms with Gasteiger partial charge < -0.3 is 14.9 Å². The van der Waals surface area contributed by atoms with Crippen molar-refractivity contribution in [1.82, 2.24) is 0 Å². The number of carbonyl (C=O) groups is 1. The summed E-state index contributed by atoms with van der Waals surface area (Å²) in [7, 11) is -1.63. The van der Waals surface area contributed by atoms with E-state index in [2.05, 4.69) is 40.8 Å². The molecule has 0 heterocycles. The molecule has 0 spiro atoms. The lowest BCUT2D eigenvalue weighted by molar-refractivity contribution is -0.142. The monoisotopic (exact) mass is 345 g/mol. The number of nitrogens with two attached hydrogens (primary N) is 1. The van der Waals surface area contributed by atoms with Gasteiger partial charge in [-0.25, -0.2) is 0 Å². The fraction of sp³-hybridized carbons (Fsp3) is 0.944. The highest BCUT2D eigenvalue weighted by Gasteiger charge is 2.36. The van der Waals surface area contributed by atoms with Crippen molar-refractivity contribution >= 4 is 14.2 Å². The second-order valence-corrected chi connectivity index (χ2v) is 13.0. The van der Waals surface area contributed by atoms with Gasteiger partial charge in [0.15, 0.2) is 8.32 Å². The minimum Gasteiger partial charge on any atom is -0.417 e. The summed E-state index contributed by atoms with van der Waals surface area (Å²) < 4.78 is 11.9. The van der Waals surface area contributed by atoms with Crippen molar-refractivity contribution < 1.29 is 14.0 Å². The molecule has 0 aromatic heterocycles. The van der Waals surface area contributed by atoms with E-state index in [0.29, 0.717) is 13.0 Å². The average Bonchev–Trinajstić information content (AvgIpc) is 2.42. The van der Waals surface area contributed by atoms with Gasteiger partial charge in [-0.3, -0.25) is 4.79 Å². The zero-order valence-electron chi connectivity index (χ0n) is 16.5. The molecule has 0 saturated carbocycles. The van der Waals surface area contributed by atoms with Gasteiger partial charge in [0.1, 0.15) is 5.60 Å². The molecule has 5 heteroatoms. The highest BCUT2D eigenvalue weighted by Crippen LogP contribution is 2.36. The van der Waals surface area contributed by atoms with E-state index < -0.39 is 13.9 Å². The third-order valence-electron chi connectivity index (χ3n) is 5.01. The summed E-state index contributed by atoms with van der Waals surface area (Å²) in [5.74, 6) is -0.354. The van der Waals surface area contributed by atoms with Crippen LogP contribution in [-0.2, 0) is 14.0 Å². The van der Waals surface area contributed by atoms with Crippen LogP contribution in [0.25, 0.3) is 0 Å². The molecule has 0 aliphatic heterocycles. The van der Waals surface area contributed by atoms with Crippen molar-refractivity contribution in [3.63, 3.8) is 0 Å². The molecule has 1 amide bonds. The molecule has 0 bridgehead atoms. The Balaban J connectivity index is 3.94. The van der Waals surface area contributed by atoms with Crippen molar-refractivity contribution in [2.75, 3.05) is 13.2 Å². The molecule has 0 rings (SSSR count). The largest absolute Gasteiger partial charge is 0.417 e. The first-order valence-electron chi connectivity index (χ1n) is 9.04. The fourth-order valence-electron chi connectivity index (χ4n) is 2.00. The van der Waals surface area contributed by atoms with E-state index >= 15 is 0 Å². The Morgan fingerprint density at radius 3 is 2.04 bits per heavy atom. The van der Waals surface area contributed by atoms with Crippen LogP contribution in [0.1, 0.15) is 73.1 Å². The van der Waals surface area contributed by atoms with Gasteiger partial charge in [-0.2, -0.15) is 0 Å². The van der Waals surface area contributed by atoms with Crippen molar-refractivity contribution in [3.05, 3.63) is 0 Å². The Labute approximate surface area is 144 Å². The topological polar surface area (TPSA) is 61.6 Å². The van der Waals surface area contributed by atoms with Gasteiger partial charge in [0, 0.05) is 13.2 Å². The molecular formula is C18H39NO3Si. The molecule has 0 radical (unpaired) electrons. The van der Waals surface area contributed by atoms with Crippen molar-refractivity contribution in [2.45, 2.75) is 96.9 Å². The average molecular weight is 346 g/mol. The molecule has 23 heavy (non-hydrogen) atoms. The molecule has 0 saturated heterocycles. The summed E-state index contributed by atoms with van der Waals surface area (Å²) >= 11 is 0. The third kappa shape index (κ3) is 8.31. The second-order valence-electron chi connectivity index (χ2n) is 8.22. The molecule has 0 aromatic carbocycles. The Kier molecular flexibility index (Phi) is 9.63. The van der Waals surface area contributed by atoms with Crippen LogP contribution in [0.5, 0.6) is 0 Å². The Morgan fingerprint density at radius 1 is 1.00 bits per heavy atom. The van der Waals surface area contributed by atoms with Gasteiger partial charge in [-0.05, 0) is 50.7 Å². The summed E-state index contributed by atoms with van der Waals surface area (Å²) in [4.78, 5) is 11.6. The lowest BCUT2D eigenvalue weighted by Gasteiger charge is -2.36. The van der Waals surface area contributed by atoms with Gasteiger partial charge in [-0.15, -0.1) is 0 Å². The summed E-state index contributed by atoms with van der Waals surface area (Å²) in [5.41, 5.74) is 4.67. The lowest BCUT2D eigenvalue weighted by Crippen LogP contribution is -2.43. The highest BCUT2D eigenvalue weighted by atomic mass is 28.4. The molecule has 2 N–H and O–H groups in total. The van der Waals surface area contributed by atoms with Crippen LogP contribution < -0.4 is 5.73 Å². The molecule has 1 atom stereocenters. The summed E-state index contributed by atoms with van der Waals surface area (Å²) in [6.07, 6.45) is 5.73. The van der Waals surface area contributed by atoms with E-state index in [1.54, 1.807) is 0 Å². The normalized spacial score (nSPS) is 15.4. The molecule has 0 aliphatic carbocycles. The van der Waals surface area contributed by atoms with E-state index in [0.717, 1.165) is 38.7 Å². The van der Waals surface area contributed by atoms with Gasteiger partial charge >= 0.3 is 0 Å². The number of amides is 1. The Hall–Kier alpha value is -0.393. The standard InChI is InChI=1S/C18H39NO3Si/c1-8-9-13-18(5,16(19)20)21-14-11-10-12-15-22-23(6,7)17(2,3)4/h8-15H2,1-7H3,(H2,19,20). The van der Waals surface area contributed by atoms with Gasteiger partial charge in [-0.1, -0.05) is 40.5 Å². The van der Waals surface area contributed by atoms with Crippen LogP contribution in [0.2, 0.25) is 18.1 Å².